The lowest BCUT2D eigenvalue weighted by Gasteiger charge is -2.31. The summed E-state index contributed by atoms with van der Waals surface area (Å²) in [5.41, 5.74) is 2.05. The van der Waals surface area contributed by atoms with Crippen LogP contribution in [-0.4, -0.2) is 17.2 Å². The van der Waals surface area contributed by atoms with Crippen LogP contribution in [-0.2, 0) is 17.6 Å². The molecular weight excluding hydrogens is 288 g/mol. The van der Waals surface area contributed by atoms with Gasteiger partial charge in [0.25, 0.3) is 0 Å². The fourth-order valence-electron chi connectivity index (χ4n) is 4.40. The van der Waals surface area contributed by atoms with Gasteiger partial charge in [-0.15, -0.1) is 0 Å². The predicted molar refractivity (Wildman–Crippen MR) is 90.8 cm³/mol. The first-order chi connectivity index (χ1) is 10.9. The maximum atomic E-state index is 11.3. The van der Waals surface area contributed by atoms with Crippen molar-refractivity contribution in [3.05, 3.63) is 29.3 Å². The predicted octanol–water partition coefficient (Wildman–Crippen LogP) is 4.47. The van der Waals surface area contributed by atoms with Gasteiger partial charge in [-0.3, -0.25) is 4.79 Å². The second-order valence-corrected chi connectivity index (χ2v) is 8.07. The number of benzene rings is 1. The van der Waals surface area contributed by atoms with Gasteiger partial charge in [-0.2, -0.15) is 0 Å². The highest BCUT2D eigenvalue weighted by Crippen LogP contribution is 2.43. The van der Waals surface area contributed by atoms with Gasteiger partial charge in [0.1, 0.15) is 5.75 Å². The van der Waals surface area contributed by atoms with Crippen molar-refractivity contribution in [2.45, 2.75) is 65.4 Å². The molecule has 0 amide bonds. The first-order valence-corrected chi connectivity index (χ1v) is 8.87. The highest BCUT2D eigenvalue weighted by Gasteiger charge is 2.34. The lowest BCUT2D eigenvalue weighted by Crippen LogP contribution is -2.30. The van der Waals surface area contributed by atoms with Crippen LogP contribution in [0, 0.1) is 17.3 Å². The molecule has 0 heterocycles. The monoisotopic (exact) mass is 316 g/mol. The average molecular weight is 316 g/mol. The van der Waals surface area contributed by atoms with E-state index in [0.717, 1.165) is 24.0 Å². The Hall–Kier alpha value is -1.51. The molecule has 2 aliphatic carbocycles. The van der Waals surface area contributed by atoms with Crippen LogP contribution in [0.1, 0.15) is 57.6 Å². The van der Waals surface area contributed by atoms with E-state index in [4.69, 9.17) is 4.74 Å². The van der Waals surface area contributed by atoms with E-state index in [9.17, 15) is 9.90 Å². The number of carboxylic acids is 1. The van der Waals surface area contributed by atoms with E-state index >= 15 is 0 Å². The number of ether oxygens (including phenoxy) is 1. The van der Waals surface area contributed by atoms with Crippen molar-refractivity contribution in [1.29, 1.82) is 0 Å². The molecule has 0 spiro atoms. The lowest BCUT2D eigenvalue weighted by molar-refractivity contribution is -0.148. The Morgan fingerprint density at radius 3 is 2.70 bits per heavy atom. The molecule has 126 valence electrons. The Morgan fingerprint density at radius 2 is 2.00 bits per heavy atom. The molecule has 1 fully saturated rings. The van der Waals surface area contributed by atoms with Gasteiger partial charge in [0.2, 0.25) is 0 Å². The van der Waals surface area contributed by atoms with Crippen LogP contribution in [0.2, 0.25) is 0 Å². The van der Waals surface area contributed by atoms with Gasteiger partial charge >= 0.3 is 5.97 Å². The number of rotatable bonds is 5. The Kier molecular flexibility index (Phi) is 4.39. The molecule has 0 aromatic heterocycles. The zero-order chi connectivity index (χ0) is 16.6. The average Bonchev–Trinajstić information content (AvgIpc) is 2.92. The van der Waals surface area contributed by atoms with E-state index in [0.29, 0.717) is 6.42 Å². The van der Waals surface area contributed by atoms with Crippen LogP contribution in [0.25, 0.3) is 0 Å². The standard InChI is InChI=1S/C20H28O3/c1-13(12-20(2,3)19(21)22)23-18-9-5-8-16-10-14-6-4-7-15(14)11-17(16)18/h5,8-9,13-15H,4,6-7,10-12H2,1-3H3,(H,21,22)/t13?,14-,15+/m1/s1. The third-order valence-electron chi connectivity index (χ3n) is 5.70. The second-order valence-electron chi connectivity index (χ2n) is 8.07. The Morgan fingerprint density at radius 1 is 1.30 bits per heavy atom. The van der Waals surface area contributed by atoms with E-state index in [1.54, 1.807) is 13.8 Å². The third kappa shape index (κ3) is 3.39. The molecule has 3 heteroatoms. The summed E-state index contributed by atoms with van der Waals surface area (Å²) in [7, 11) is 0. The van der Waals surface area contributed by atoms with E-state index in [1.807, 2.05) is 6.92 Å². The summed E-state index contributed by atoms with van der Waals surface area (Å²) in [6.07, 6.45) is 6.81. The number of carboxylic acid groups (broad SMARTS) is 1. The molecule has 0 radical (unpaired) electrons. The highest BCUT2D eigenvalue weighted by atomic mass is 16.5. The number of fused-ring (bicyclic) bond motifs is 2. The van der Waals surface area contributed by atoms with E-state index in [1.165, 1.54) is 36.8 Å². The van der Waals surface area contributed by atoms with Gasteiger partial charge in [0.05, 0.1) is 11.5 Å². The largest absolute Gasteiger partial charge is 0.490 e. The zero-order valence-electron chi connectivity index (χ0n) is 14.5. The Balaban J connectivity index is 1.74. The van der Waals surface area contributed by atoms with Gasteiger partial charge in [-0.1, -0.05) is 18.6 Å². The Bertz CT molecular complexity index is 591. The molecule has 0 bridgehead atoms. The van der Waals surface area contributed by atoms with E-state index in [-0.39, 0.29) is 6.10 Å². The minimum absolute atomic E-state index is 0.103. The van der Waals surface area contributed by atoms with E-state index in [2.05, 4.69) is 18.2 Å². The molecule has 1 saturated carbocycles. The second kappa shape index (κ2) is 6.18. The smallest absolute Gasteiger partial charge is 0.309 e. The molecular formula is C20H28O3. The van der Waals surface area contributed by atoms with Crippen molar-refractivity contribution < 1.29 is 14.6 Å². The number of carbonyl (C=O) groups is 1. The first kappa shape index (κ1) is 16.4. The van der Waals surface area contributed by atoms with Gasteiger partial charge in [0.15, 0.2) is 0 Å². The summed E-state index contributed by atoms with van der Waals surface area (Å²) >= 11 is 0. The number of aliphatic carboxylic acids is 1. The molecule has 23 heavy (non-hydrogen) atoms. The van der Waals surface area contributed by atoms with Gasteiger partial charge in [-0.25, -0.2) is 0 Å². The summed E-state index contributed by atoms with van der Waals surface area (Å²) in [5, 5.41) is 9.30. The van der Waals surface area contributed by atoms with Crippen molar-refractivity contribution in [2.24, 2.45) is 17.3 Å². The highest BCUT2D eigenvalue weighted by molar-refractivity contribution is 5.73. The summed E-state index contributed by atoms with van der Waals surface area (Å²) in [5.74, 6) is 1.89. The van der Waals surface area contributed by atoms with Gasteiger partial charge < -0.3 is 9.84 Å². The van der Waals surface area contributed by atoms with Crippen LogP contribution in [0.3, 0.4) is 0 Å². The summed E-state index contributed by atoms with van der Waals surface area (Å²) in [4.78, 5) is 11.3. The van der Waals surface area contributed by atoms with Crippen molar-refractivity contribution in [3.63, 3.8) is 0 Å². The van der Waals surface area contributed by atoms with Gasteiger partial charge in [0, 0.05) is 0 Å². The molecule has 3 nitrogen and oxygen atoms in total. The molecule has 3 rings (SSSR count). The third-order valence-corrected chi connectivity index (χ3v) is 5.70. The minimum Gasteiger partial charge on any atom is -0.490 e. The van der Waals surface area contributed by atoms with Crippen LogP contribution in [0.15, 0.2) is 18.2 Å². The molecule has 1 unspecified atom stereocenters. The molecule has 1 aromatic rings. The topological polar surface area (TPSA) is 46.5 Å². The zero-order valence-corrected chi connectivity index (χ0v) is 14.5. The Labute approximate surface area is 139 Å². The molecule has 1 aromatic carbocycles. The fraction of sp³-hybridized carbons (Fsp3) is 0.650. The molecule has 2 aliphatic rings. The molecule has 0 aliphatic heterocycles. The van der Waals surface area contributed by atoms with Gasteiger partial charge in [-0.05, 0) is 81.9 Å². The van der Waals surface area contributed by atoms with Crippen LogP contribution in [0.4, 0.5) is 0 Å². The maximum Gasteiger partial charge on any atom is 0.309 e. The summed E-state index contributed by atoms with van der Waals surface area (Å²) < 4.78 is 6.18. The van der Waals surface area contributed by atoms with E-state index < -0.39 is 11.4 Å². The summed E-state index contributed by atoms with van der Waals surface area (Å²) in [6.45, 7) is 5.50. The SMILES string of the molecule is CC(CC(C)(C)C(=O)O)Oc1cccc2c1C[C@@H]1CCC[C@@H]1C2. The minimum atomic E-state index is -0.767. The van der Waals surface area contributed by atoms with Crippen LogP contribution in [0.5, 0.6) is 5.75 Å². The molecule has 3 atom stereocenters. The normalized spacial score (nSPS) is 24.7. The maximum absolute atomic E-state index is 11.3. The van der Waals surface area contributed by atoms with Crippen LogP contribution < -0.4 is 4.74 Å². The number of hydrogen-bond donors (Lipinski definition) is 1. The first-order valence-electron chi connectivity index (χ1n) is 8.87. The summed E-state index contributed by atoms with van der Waals surface area (Å²) in [6, 6.07) is 6.37. The van der Waals surface area contributed by atoms with Crippen molar-refractivity contribution in [1.82, 2.24) is 0 Å². The number of hydrogen-bond acceptors (Lipinski definition) is 2. The van der Waals surface area contributed by atoms with Crippen molar-refractivity contribution in [3.8, 4) is 5.75 Å². The van der Waals surface area contributed by atoms with Crippen molar-refractivity contribution in [2.75, 3.05) is 0 Å². The quantitative estimate of drug-likeness (QED) is 0.872. The fourth-order valence-corrected chi connectivity index (χ4v) is 4.40. The lowest BCUT2D eigenvalue weighted by atomic mass is 9.77. The van der Waals surface area contributed by atoms with Crippen molar-refractivity contribution >= 4 is 5.97 Å². The van der Waals surface area contributed by atoms with Crippen LogP contribution >= 0.6 is 0 Å². The molecule has 1 N–H and O–H groups in total. The molecule has 0 saturated heterocycles.